The zero-order valence-corrected chi connectivity index (χ0v) is 13.2. The van der Waals surface area contributed by atoms with Gasteiger partial charge in [0.05, 0.1) is 15.9 Å². The van der Waals surface area contributed by atoms with E-state index in [9.17, 15) is 0 Å². The fraction of sp³-hybridized carbons (Fsp3) is 0.143. The molecule has 0 amide bonds. The van der Waals surface area contributed by atoms with Crippen LogP contribution in [-0.4, -0.2) is 14.4 Å². The highest BCUT2D eigenvalue weighted by Crippen LogP contribution is 2.31. The van der Waals surface area contributed by atoms with Gasteiger partial charge in [0.1, 0.15) is 0 Å². The Bertz CT molecular complexity index is 854. The smallest absolute Gasteiger partial charge is 0.194 e. The molecule has 4 aromatic rings. The van der Waals surface area contributed by atoms with Crippen LogP contribution in [-0.2, 0) is 5.75 Å². The largest absolute Gasteiger partial charge is 0.295 e. The van der Waals surface area contributed by atoms with Crippen molar-refractivity contribution in [2.75, 3.05) is 0 Å². The van der Waals surface area contributed by atoms with E-state index in [1.54, 1.807) is 34.4 Å². The molecule has 0 fully saturated rings. The molecule has 1 aromatic carbocycles. The molecular formula is C14H11N3S3. The number of thioether (sulfide) groups is 1. The van der Waals surface area contributed by atoms with Crippen molar-refractivity contribution in [3.05, 3.63) is 47.2 Å². The van der Waals surface area contributed by atoms with Gasteiger partial charge in [-0.25, -0.2) is 9.97 Å². The van der Waals surface area contributed by atoms with Gasteiger partial charge >= 0.3 is 0 Å². The maximum absolute atomic E-state index is 4.64. The lowest BCUT2D eigenvalue weighted by Crippen LogP contribution is -1.80. The van der Waals surface area contributed by atoms with Gasteiger partial charge in [0.25, 0.3) is 0 Å². The van der Waals surface area contributed by atoms with Crippen LogP contribution >= 0.6 is 34.4 Å². The van der Waals surface area contributed by atoms with Crippen LogP contribution in [0.2, 0.25) is 0 Å². The van der Waals surface area contributed by atoms with Crippen molar-refractivity contribution in [1.29, 1.82) is 0 Å². The molecule has 0 aliphatic heterocycles. The number of fused-ring (bicyclic) bond motifs is 2. The van der Waals surface area contributed by atoms with Gasteiger partial charge in [0.15, 0.2) is 9.30 Å². The number of hydrogen-bond donors (Lipinski definition) is 0. The molecule has 6 heteroatoms. The predicted molar refractivity (Wildman–Crippen MR) is 87.0 cm³/mol. The second-order valence-corrected chi connectivity index (χ2v) is 7.59. The lowest BCUT2D eigenvalue weighted by molar-refractivity contribution is 1.13. The first-order chi connectivity index (χ1) is 9.79. The summed E-state index contributed by atoms with van der Waals surface area (Å²) in [5, 5.41) is 2.13. The van der Waals surface area contributed by atoms with Crippen LogP contribution in [0, 0.1) is 6.92 Å². The second kappa shape index (κ2) is 4.87. The second-order valence-electron chi connectivity index (χ2n) is 4.50. The van der Waals surface area contributed by atoms with Crippen LogP contribution in [0.25, 0.3) is 15.2 Å². The van der Waals surface area contributed by atoms with Gasteiger partial charge in [0.2, 0.25) is 0 Å². The Morgan fingerprint density at radius 3 is 3.00 bits per heavy atom. The molecule has 0 saturated carbocycles. The van der Waals surface area contributed by atoms with Gasteiger partial charge in [-0.15, -0.1) is 22.7 Å². The average Bonchev–Trinajstić information content (AvgIpc) is 3.12. The standard InChI is InChI=1S/C14H11N3S3/c1-9-7-18-13-15-10(6-17(9)13)8-19-14-16-11-4-2-3-5-12(11)20-14/h2-7H,8H2,1H3. The number of aryl methyl sites for hydroxylation is 1. The van der Waals surface area contributed by atoms with Crippen molar-refractivity contribution in [3.63, 3.8) is 0 Å². The van der Waals surface area contributed by atoms with E-state index in [1.165, 1.54) is 10.4 Å². The van der Waals surface area contributed by atoms with Crippen LogP contribution in [0.1, 0.15) is 11.4 Å². The number of thiazole rings is 2. The van der Waals surface area contributed by atoms with Crippen molar-refractivity contribution >= 4 is 49.6 Å². The summed E-state index contributed by atoms with van der Waals surface area (Å²) in [5.74, 6) is 0.869. The lowest BCUT2D eigenvalue weighted by Gasteiger charge is -1.92. The zero-order chi connectivity index (χ0) is 13.5. The third-order valence-corrected chi connectivity index (χ3v) is 6.23. The van der Waals surface area contributed by atoms with Crippen LogP contribution in [0.15, 0.2) is 40.2 Å². The van der Waals surface area contributed by atoms with Crippen molar-refractivity contribution < 1.29 is 0 Å². The van der Waals surface area contributed by atoms with Crippen molar-refractivity contribution in [2.45, 2.75) is 17.0 Å². The van der Waals surface area contributed by atoms with E-state index in [4.69, 9.17) is 0 Å². The average molecular weight is 317 g/mol. The molecule has 0 atom stereocenters. The summed E-state index contributed by atoms with van der Waals surface area (Å²) in [4.78, 5) is 10.3. The molecule has 0 spiro atoms. The highest BCUT2D eigenvalue weighted by atomic mass is 32.2. The zero-order valence-electron chi connectivity index (χ0n) is 10.7. The molecule has 0 aliphatic rings. The first kappa shape index (κ1) is 12.4. The Morgan fingerprint density at radius 1 is 1.25 bits per heavy atom. The summed E-state index contributed by atoms with van der Waals surface area (Å²) in [6.45, 7) is 2.11. The number of imidazole rings is 1. The van der Waals surface area contributed by atoms with Gasteiger partial charge in [-0.05, 0) is 19.1 Å². The van der Waals surface area contributed by atoms with E-state index in [0.29, 0.717) is 0 Å². The third kappa shape index (κ3) is 2.13. The third-order valence-electron chi connectivity index (χ3n) is 3.06. The van der Waals surface area contributed by atoms with Gasteiger partial charge in [-0.2, -0.15) is 0 Å². The molecule has 0 radical (unpaired) electrons. The fourth-order valence-corrected chi connectivity index (χ4v) is 4.88. The molecule has 20 heavy (non-hydrogen) atoms. The van der Waals surface area contributed by atoms with Crippen LogP contribution in [0.4, 0.5) is 0 Å². The summed E-state index contributed by atoms with van der Waals surface area (Å²) in [6.07, 6.45) is 2.13. The molecule has 0 unspecified atom stereocenters. The Kier molecular flexibility index (Phi) is 3.02. The first-order valence-corrected chi connectivity index (χ1v) is 8.88. The molecule has 0 saturated heterocycles. The van der Waals surface area contributed by atoms with Gasteiger partial charge in [0, 0.05) is 23.0 Å². The van der Waals surface area contributed by atoms with E-state index < -0.39 is 0 Å². The van der Waals surface area contributed by atoms with Crippen LogP contribution in [0.3, 0.4) is 0 Å². The minimum atomic E-state index is 0.869. The van der Waals surface area contributed by atoms with E-state index in [0.717, 1.165) is 26.3 Å². The summed E-state index contributed by atoms with van der Waals surface area (Å²) >= 11 is 5.20. The topological polar surface area (TPSA) is 30.2 Å². The van der Waals surface area contributed by atoms with E-state index >= 15 is 0 Å². The van der Waals surface area contributed by atoms with Crippen molar-refractivity contribution in [3.8, 4) is 0 Å². The monoisotopic (exact) mass is 317 g/mol. The predicted octanol–water partition coefficient (Wildman–Crippen LogP) is 4.61. The quantitative estimate of drug-likeness (QED) is 0.517. The number of rotatable bonds is 3. The van der Waals surface area contributed by atoms with Crippen molar-refractivity contribution in [2.24, 2.45) is 0 Å². The van der Waals surface area contributed by atoms with Crippen molar-refractivity contribution in [1.82, 2.24) is 14.4 Å². The molecule has 100 valence electrons. The van der Waals surface area contributed by atoms with Crippen LogP contribution in [0.5, 0.6) is 0 Å². The number of aromatic nitrogens is 3. The Balaban J connectivity index is 1.57. The maximum atomic E-state index is 4.64. The summed E-state index contributed by atoms with van der Waals surface area (Å²) in [5.41, 5.74) is 3.44. The summed E-state index contributed by atoms with van der Waals surface area (Å²) in [6, 6.07) is 8.27. The summed E-state index contributed by atoms with van der Waals surface area (Å²) < 4.78 is 4.51. The molecule has 4 rings (SSSR count). The maximum Gasteiger partial charge on any atom is 0.194 e. The van der Waals surface area contributed by atoms with E-state index in [2.05, 4.69) is 51.1 Å². The van der Waals surface area contributed by atoms with Gasteiger partial charge < -0.3 is 0 Å². The number of para-hydroxylation sites is 1. The normalized spacial score (nSPS) is 11.7. The van der Waals surface area contributed by atoms with Gasteiger partial charge in [-0.1, -0.05) is 23.9 Å². The molecule has 0 bridgehead atoms. The Hall–Kier alpha value is -1.37. The summed E-state index contributed by atoms with van der Waals surface area (Å²) in [7, 11) is 0. The number of benzene rings is 1. The molecule has 3 nitrogen and oxygen atoms in total. The molecule has 0 aliphatic carbocycles. The molecule has 0 N–H and O–H groups in total. The highest BCUT2D eigenvalue weighted by Gasteiger charge is 2.08. The van der Waals surface area contributed by atoms with Gasteiger partial charge in [-0.3, -0.25) is 4.40 Å². The Labute approximate surface area is 128 Å². The molecular weight excluding hydrogens is 306 g/mol. The van der Waals surface area contributed by atoms with E-state index in [-0.39, 0.29) is 0 Å². The minimum Gasteiger partial charge on any atom is -0.295 e. The first-order valence-electron chi connectivity index (χ1n) is 6.20. The molecule has 3 aromatic heterocycles. The molecule has 3 heterocycles. The van der Waals surface area contributed by atoms with E-state index in [1.807, 2.05) is 6.07 Å². The fourth-order valence-electron chi connectivity index (χ4n) is 2.06. The number of hydrogen-bond acceptors (Lipinski definition) is 5. The SMILES string of the molecule is Cc1csc2nc(CSc3nc4ccccc4s3)cn12. The minimum absolute atomic E-state index is 0.869. The Morgan fingerprint density at radius 2 is 2.15 bits per heavy atom. The lowest BCUT2D eigenvalue weighted by atomic mass is 10.3. The highest BCUT2D eigenvalue weighted by molar-refractivity contribution is 8.00. The number of nitrogens with zero attached hydrogens (tertiary/aromatic N) is 3. The van der Waals surface area contributed by atoms with Crippen LogP contribution < -0.4 is 0 Å².